The van der Waals surface area contributed by atoms with Crippen LogP contribution < -0.4 is 10.1 Å². The van der Waals surface area contributed by atoms with Gasteiger partial charge in [-0.25, -0.2) is 9.97 Å². The Balaban J connectivity index is 1.22. The molecule has 0 saturated carbocycles. The highest BCUT2D eigenvalue weighted by Gasteiger charge is 2.24. The molecule has 2 aliphatic rings. The Morgan fingerprint density at radius 3 is 2.58 bits per heavy atom. The van der Waals surface area contributed by atoms with Crippen LogP contribution in [0.4, 0.5) is 11.6 Å². The van der Waals surface area contributed by atoms with Crippen molar-refractivity contribution in [2.75, 3.05) is 25.5 Å². The Labute approximate surface area is 182 Å². The maximum absolute atomic E-state index is 5.70. The minimum absolute atomic E-state index is 0.425. The van der Waals surface area contributed by atoms with Gasteiger partial charge in [0.25, 0.3) is 0 Å². The van der Waals surface area contributed by atoms with E-state index in [0.717, 1.165) is 43.9 Å². The van der Waals surface area contributed by atoms with Gasteiger partial charge >= 0.3 is 0 Å². The number of likely N-dealkylation sites (tertiary alicyclic amines) is 1. The standard InChI is InChI=1S/C24H28N6O/c1-31-22-12-19-4-2-3-18(19)11-20(22)16-30-9-5-17(6-10-30)21-13-26-15-24(28-21)29-23-14-25-7-8-27-23/h7-8,11-15,17H,2-6,9-10,16H2,1H3,(H,27,28,29). The summed E-state index contributed by atoms with van der Waals surface area (Å²) in [6, 6.07) is 4.63. The highest BCUT2D eigenvalue weighted by atomic mass is 16.5. The van der Waals surface area contributed by atoms with E-state index in [9.17, 15) is 0 Å². The summed E-state index contributed by atoms with van der Waals surface area (Å²) in [5.41, 5.74) is 5.33. The lowest BCUT2D eigenvalue weighted by Crippen LogP contribution is -2.33. The molecule has 31 heavy (non-hydrogen) atoms. The fourth-order valence-corrected chi connectivity index (χ4v) is 4.73. The van der Waals surface area contributed by atoms with E-state index < -0.39 is 0 Å². The van der Waals surface area contributed by atoms with Crippen molar-refractivity contribution >= 4 is 11.6 Å². The molecule has 0 unspecified atom stereocenters. The van der Waals surface area contributed by atoms with Crippen LogP contribution in [0.2, 0.25) is 0 Å². The molecule has 0 amide bonds. The highest BCUT2D eigenvalue weighted by molar-refractivity contribution is 5.49. The molecule has 160 valence electrons. The maximum atomic E-state index is 5.70. The van der Waals surface area contributed by atoms with Crippen LogP contribution in [0.25, 0.3) is 0 Å². The average molecular weight is 417 g/mol. The van der Waals surface area contributed by atoms with Crippen LogP contribution >= 0.6 is 0 Å². The first-order valence-electron chi connectivity index (χ1n) is 11.0. The van der Waals surface area contributed by atoms with Crippen molar-refractivity contribution < 1.29 is 4.74 Å². The maximum Gasteiger partial charge on any atom is 0.150 e. The Hall–Kier alpha value is -3.06. The third-order valence-electron chi connectivity index (χ3n) is 6.37. The van der Waals surface area contributed by atoms with Gasteiger partial charge in [0.15, 0.2) is 0 Å². The topological polar surface area (TPSA) is 76.1 Å². The van der Waals surface area contributed by atoms with Crippen molar-refractivity contribution in [3.05, 3.63) is 65.5 Å². The molecule has 3 heterocycles. The SMILES string of the molecule is COc1cc2c(cc1CN1CCC(c3cncc(Nc4cnccn4)n3)CC1)CCC2. The number of nitrogens with zero attached hydrogens (tertiary/aromatic N) is 5. The minimum atomic E-state index is 0.425. The largest absolute Gasteiger partial charge is 0.496 e. The zero-order valence-corrected chi connectivity index (χ0v) is 17.9. The van der Waals surface area contributed by atoms with Crippen LogP contribution in [0.5, 0.6) is 5.75 Å². The fourth-order valence-electron chi connectivity index (χ4n) is 4.73. The monoisotopic (exact) mass is 416 g/mol. The molecule has 1 aliphatic carbocycles. The van der Waals surface area contributed by atoms with Crippen LogP contribution in [0.1, 0.15) is 47.6 Å². The van der Waals surface area contributed by atoms with Crippen molar-refractivity contribution in [1.82, 2.24) is 24.8 Å². The number of nitrogens with one attached hydrogen (secondary N) is 1. The molecule has 0 spiro atoms. The van der Waals surface area contributed by atoms with Crippen molar-refractivity contribution in [3.63, 3.8) is 0 Å². The van der Waals surface area contributed by atoms with Gasteiger partial charge in [-0.05, 0) is 62.4 Å². The number of hydrogen-bond donors (Lipinski definition) is 1. The Bertz CT molecular complexity index is 1030. The Kier molecular flexibility index (Phi) is 5.76. The van der Waals surface area contributed by atoms with Gasteiger partial charge in [0.2, 0.25) is 0 Å². The molecular weight excluding hydrogens is 388 g/mol. The smallest absolute Gasteiger partial charge is 0.150 e. The van der Waals surface area contributed by atoms with Crippen molar-refractivity contribution in [2.24, 2.45) is 0 Å². The quantitative estimate of drug-likeness (QED) is 0.653. The lowest BCUT2D eigenvalue weighted by molar-refractivity contribution is 0.201. The molecule has 0 atom stereocenters. The first kappa shape index (κ1) is 19.9. The summed E-state index contributed by atoms with van der Waals surface area (Å²) in [7, 11) is 1.78. The molecule has 0 bridgehead atoms. The molecule has 1 fully saturated rings. The van der Waals surface area contributed by atoms with E-state index in [1.807, 2.05) is 6.20 Å². The zero-order valence-electron chi connectivity index (χ0n) is 17.9. The van der Waals surface area contributed by atoms with Crippen LogP contribution in [0.15, 0.2) is 43.1 Å². The first-order chi connectivity index (χ1) is 15.3. The van der Waals surface area contributed by atoms with Crippen LogP contribution in [0, 0.1) is 0 Å². The van der Waals surface area contributed by atoms with E-state index in [4.69, 9.17) is 9.72 Å². The fraction of sp³-hybridized carbons (Fsp3) is 0.417. The number of hydrogen-bond acceptors (Lipinski definition) is 7. The van der Waals surface area contributed by atoms with Gasteiger partial charge in [-0.2, -0.15) is 0 Å². The van der Waals surface area contributed by atoms with Gasteiger partial charge in [-0.1, -0.05) is 6.07 Å². The van der Waals surface area contributed by atoms with Gasteiger partial charge in [-0.3, -0.25) is 14.9 Å². The summed E-state index contributed by atoms with van der Waals surface area (Å²) in [6.45, 7) is 3.05. The van der Waals surface area contributed by atoms with Crippen molar-refractivity contribution in [1.29, 1.82) is 0 Å². The number of piperidine rings is 1. The minimum Gasteiger partial charge on any atom is -0.496 e. The van der Waals surface area contributed by atoms with Gasteiger partial charge in [-0.15, -0.1) is 0 Å². The van der Waals surface area contributed by atoms with Gasteiger partial charge in [0.05, 0.1) is 25.2 Å². The van der Waals surface area contributed by atoms with Gasteiger partial charge in [0, 0.05) is 36.6 Å². The van der Waals surface area contributed by atoms with E-state index in [1.165, 1.54) is 36.0 Å². The summed E-state index contributed by atoms with van der Waals surface area (Å²) in [5, 5.41) is 3.19. The number of fused-ring (bicyclic) bond motifs is 1. The van der Waals surface area contributed by atoms with Crippen molar-refractivity contribution in [2.45, 2.75) is 44.6 Å². The summed E-state index contributed by atoms with van der Waals surface area (Å²) in [6.07, 6.45) is 14.4. The summed E-state index contributed by atoms with van der Waals surface area (Å²) in [5.74, 6) is 2.85. The van der Waals surface area contributed by atoms with Crippen LogP contribution in [-0.4, -0.2) is 45.0 Å². The molecule has 7 heteroatoms. The molecule has 3 aromatic rings. The van der Waals surface area contributed by atoms with E-state index >= 15 is 0 Å². The predicted octanol–water partition coefficient (Wildman–Crippen LogP) is 3.89. The average Bonchev–Trinajstić information content (AvgIpc) is 3.27. The van der Waals surface area contributed by atoms with Crippen LogP contribution in [0.3, 0.4) is 0 Å². The number of aryl methyl sites for hydroxylation is 2. The van der Waals surface area contributed by atoms with E-state index in [2.05, 4.69) is 37.3 Å². The van der Waals surface area contributed by atoms with Gasteiger partial charge < -0.3 is 10.1 Å². The van der Waals surface area contributed by atoms with E-state index in [-0.39, 0.29) is 0 Å². The molecule has 1 aliphatic heterocycles. The first-order valence-corrected chi connectivity index (χ1v) is 11.0. The normalized spacial score (nSPS) is 16.8. The lowest BCUT2D eigenvalue weighted by atomic mass is 9.93. The Morgan fingerprint density at radius 2 is 1.81 bits per heavy atom. The number of benzene rings is 1. The third-order valence-corrected chi connectivity index (χ3v) is 6.37. The summed E-state index contributed by atoms with van der Waals surface area (Å²) < 4.78 is 5.70. The number of methoxy groups -OCH3 is 1. The predicted molar refractivity (Wildman–Crippen MR) is 120 cm³/mol. The molecule has 5 rings (SSSR count). The molecule has 1 N–H and O–H groups in total. The van der Waals surface area contributed by atoms with Crippen molar-refractivity contribution in [3.8, 4) is 5.75 Å². The molecule has 1 saturated heterocycles. The second-order valence-corrected chi connectivity index (χ2v) is 8.38. The number of aromatic nitrogens is 4. The summed E-state index contributed by atoms with van der Waals surface area (Å²) in [4.78, 5) is 20.0. The number of ether oxygens (including phenoxy) is 1. The number of rotatable bonds is 6. The molecule has 7 nitrogen and oxygen atoms in total. The molecule has 1 aromatic carbocycles. The Morgan fingerprint density at radius 1 is 1.00 bits per heavy atom. The number of anilines is 2. The third kappa shape index (κ3) is 4.51. The highest BCUT2D eigenvalue weighted by Crippen LogP contribution is 2.33. The zero-order chi connectivity index (χ0) is 21.0. The van der Waals surface area contributed by atoms with Crippen LogP contribution in [-0.2, 0) is 19.4 Å². The molecule has 0 radical (unpaired) electrons. The second kappa shape index (κ2) is 8.98. The molecule has 2 aromatic heterocycles. The summed E-state index contributed by atoms with van der Waals surface area (Å²) >= 11 is 0. The van der Waals surface area contributed by atoms with E-state index in [0.29, 0.717) is 17.6 Å². The van der Waals surface area contributed by atoms with E-state index in [1.54, 1.807) is 31.9 Å². The van der Waals surface area contributed by atoms with Gasteiger partial charge in [0.1, 0.15) is 17.4 Å². The molecular formula is C24H28N6O. The lowest BCUT2D eigenvalue weighted by Gasteiger charge is -2.32. The second-order valence-electron chi connectivity index (χ2n) is 8.38.